The van der Waals surface area contributed by atoms with Crippen molar-refractivity contribution in [1.29, 1.82) is 0 Å². The standard InChI is InChI=1S/C23H20N2O/c1-25(22-13-6-3-7-14-22)23(26)18-24-21-12-8-11-20(17-21)16-15-19-9-4-2-5-10-19/h2-14,17,24H,18H2,1H3. The molecular weight excluding hydrogens is 320 g/mol. The van der Waals surface area contributed by atoms with Gasteiger partial charge in [-0.3, -0.25) is 4.79 Å². The van der Waals surface area contributed by atoms with Crippen molar-refractivity contribution in [3.63, 3.8) is 0 Å². The molecule has 3 heteroatoms. The molecule has 0 fully saturated rings. The third-order valence-corrected chi connectivity index (χ3v) is 3.95. The molecular formula is C23H20N2O. The minimum atomic E-state index is -0.00280. The van der Waals surface area contributed by atoms with Crippen LogP contribution in [-0.2, 0) is 4.79 Å². The Morgan fingerprint density at radius 3 is 2.19 bits per heavy atom. The normalized spacial score (nSPS) is 9.73. The maximum absolute atomic E-state index is 12.3. The number of para-hydroxylation sites is 1. The molecule has 0 bridgehead atoms. The third-order valence-electron chi connectivity index (χ3n) is 3.95. The van der Waals surface area contributed by atoms with Gasteiger partial charge in [0.2, 0.25) is 5.91 Å². The van der Waals surface area contributed by atoms with Crippen LogP contribution >= 0.6 is 0 Å². The van der Waals surface area contributed by atoms with E-state index in [0.29, 0.717) is 0 Å². The van der Waals surface area contributed by atoms with Crippen LogP contribution in [0.15, 0.2) is 84.9 Å². The Morgan fingerprint density at radius 2 is 1.46 bits per heavy atom. The molecule has 3 aromatic carbocycles. The van der Waals surface area contributed by atoms with Crippen molar-refractivity contribution in [1.82, 2.24) is 0 Å². The monoisotopic (exact) mass is 340 g/mol. The van der Waals surface area contributed by atoms with E-state index < -0.39 is 0 Å². The summed E-state index contributed by atoms with van der Waals surface area (Å²) >= 11 is 0. The second-order valence-electron chi connectivity index (χ2n) is 5.84. The summed E-state index contributed by atoms with van der Waals surface area (Å²) in [5.74, 6) is 6.29. The first-order valence-electron chi connectivity index (χ1n) is 8.45. The summed E-state index contributed by atoms with van der Waals surface area (Å²) in [7, 11) is 1.78. The van der Waals surface area contributed by atoms with Gasteiger partial charge in [0.15, 0.2) is 0 Å². The number of nitrogens with zero attached hydrogens (tertiary/aromatic N) is 1. The highest BCUT2D eigenvalue weighted by Crippen LogP contribution is 2.13. The fraction of sp³-hybridized carbons (Fsp3) is 0.0870. The van der Waals surface area contributed by atoms with Gasteiger partial charge in [0.1, 0.15) is 0 Å². The van der Waals surface area contributed by atoms with Crippen LogP contribution < -0.4 is 10.2 Å². The molecule has 3 nitrogen and oxygen atoms in total. The Kier molecular flexibility index (Phi) is 5.69. The van der Waals surface area contributed by atoms with Gasteiger partial charge < -0.3 is 10.2 Å². The van der Waals surface area contributed by atoms with Crippen molar-refractivity contribution in [3.05, 3.63) is 96.1 Å². The summed E-state index contributed by atoms with van der Waals surface area (Å²) in [4.78, 5) is 14.0. The predicted molar refractivity (Wildman–Crippen MR) is 107 cm³/mol. The molecule has 1 amide bonds. The molecule has 0 saturated heterocycles. The average Bonchev–Trinajstić information content (AvgIpc) is 2.71. The molecule has 0 heterocycles. The fourth-order valence-electron chi connectivity index (χ4n) is 2.46. The summed E-state index contributed by atoms with van der Waals surface area (Å²) in [6.45, 7) is 0.223. The first-order valence-corrected chi connectivity index (χ1v) is 8.45. The minimum absolute atomic E-state index is 0.00280. The highest BCUT2D eigenvalue weighted by molar-refractivity contribution is 5.95. The molecule has 0 spiro atoms. The zero-order valence-electron chi connectivity index (χ0n) is 14.6. The Bertz CT molecular complexity index is 924. The van der Waals surface area contributed by atoms with E-state index in [0.717, 1.165) is 22.5 Å². The molecule has 0 atom stereocenters. The van der Waals surface area contributed by atoms with Crippen LogP contribution in [0.1, 0.15) is 11.1 Å². The number of amides is 1. The van der Waals surface area contributed by atoms with E-state index in [9.17, 15) is 4.79 Å². The van der Waals surface area contributed by atoms with Gasteiger partial charge in [0.25, 0.3) is 0 Å². The first-order chi connectivity index (χ1) is 12.7. The Balaban J connectivity index is 1.62. The highest BCUT2D eigenvalue weighted by atomic mass is 16.2. The van der Waals surface area contributed by atoms with Crippen LogP contribution in [0.3, 0.4) is 0 Å². The van der Waals surface area contributed by atoms with E-state index in [4.69, 9.17) is 0 Å². The quantitative estimate of drug-likeness (QED) is 0.723. The van der Waals surface area contributed by atoms with Gasteiger partial charge in [-0.1, -0.05) is 54.3 Å². The van der Waals surface area contributed by atoms with E-state index >= 15 is 0 Å². The largest absolute Gasteiger partial charge is 0.376 e. The summed E-state index contributed by atoms with van der Waals surface area (Å²) in [5, 5.41) is 3.17. The number of anilines is 2. The molecule has 0 radical (unpaired) electrons. The Labute approximate surface area is 154 Å². The average molecular weight is 340 g/mol. The molecule has 0 unspecified atom stereocenters. The second kappa shape index (κ2) is 8.55. The van der Waals surface area contributed by atoms with Crippen molar-refractivity contribution >= 4 is 17.3 Å². The van der Waals surface area contributed by atoms with Crippen LogP contribution in [0.4, 0.5) is 11.4 Å². The number of nitrogens with one attached hydrogen (secondary N) is 1. The maximum atomic E-state index is 12.3. The summed E-state index contributed by atoms with van der Waals surface area (Å²) in [5.41, 5.74) is 3.63. The lowest BCUT2D eigenvalue weighted by molar-refractivity contribution is -0.116. The van der Waals surface area contributed by atoms with Crippen molar-refractivity contribution in [2.45, 2.75) is 0 Å². The van der Waals surface area contributed by atoms with Gasteiger partial charge in [0, 0.05) is 29.5 Å². The molecule has 0 aromatic heterocycles. The summed E-state index contributed by atoms with van der Waals surface area (Å²) < 4.78 is 0. The minimum Gasteiger partial charge on any atom is -0.376 e. The van der Waals surface area contributed by atoms with Crippen molar-refractivity contribution in [3.8, 4) is 11.8 Å². The predicted octanol–water partition coefficient (Wildman–Crippen LogP) is 4.16. The molecule has 0 saturated carbocycles. The van der Waals surface area contributed by atoms with Crippen LogP contribution in [0.2, 0.25) is 0 Å². The molecule has 0 aliphatic heterocycles. The Morgan fingerprint density at radius 1 is 0.846 bits per heavy atom. The molecule has 0 aliphatic carbocycles. The zero-order valence-corrected chi connectivity index (χ0v) is 14.6. The van der Waals surface area contributed by atoms with Crippen LogP contribution in [-0.4, -0.2) is 19.5 Å². The number of hydrogen-bond acceptors (Lipinski definition) is 2. The molecule has 3 aromatic rings. The van der Waals surface area contributed by atoms with E-state index in [-0.39, 0.29) is 12.5 Å². The van der Waals surface area contributed by atoms with Crippen LogP contribution in [0.25, 0.3) is 0 Å². The third kappa shape index (κ3) is 4.75. The topological polar surface area (TPSA) is 32.3 Å². The van der Waals surface area contributed by atoms with Gasteiger partial charge in [0.05, 0.1) is 6.54 Å². The van der Waals surface area contributed by atoms with Crippen molar-refractivity contribution in [2.75, 3.05) is 23.8 Å². The molecule has 0 aliphatic rings. The van der Waals surface area contributed by atoms with Gasteiger partial charge >= 0.3 is 0 Å². The van der Waals surface area contributed by atoms with Gasteiger partial charge in [-0.25, -0.2) is 0 Å². The lowest BCUT2D eigenvalue weighted by Crippen LogP contribution is -2.32. The first kappa shape index (κ1) is 17.3. The Hall–Kier alpha value is -3.51. The fourth-order valence-corrected chi connectivity index (χ4v) is 2.46. The highest BCUT2D eigenvalue weighted by Gasteiger charge is 2.09. The number of benzene rings is 3. The molecule has 128 valence electrons. The molecule has 3 rings (SSSR count). The number of rotatable bonds is 4. The van der Waals surface area contributed by atoms with E-state index in [1.54, 1.807) is 11.9 Å². The van der Waals surface area contributed by atoms with Crippen LogP contribution in [0, 0.1) is 11.8 Å². The van der Waals surface area contributed by atoms with Crippen molar-refractivity contribution < 1.29 is 4.79 Å². The number of carbonyl (C=O) groups is 1. The van der Waals surface area contributed by atoms with Crippen molar-refractivity contribution in [2.24, 2.45) is 0 Å². The van der Waals surface area contributed by atoms with E-state index in [1.165, 1.54) is 0 Å². The van der Waals surface area contributed by atoms with Gasteiger partial charge in [-0.05, 0) is 42.5 Å². The smallest absolute Gasteiger partial charge is 0.246 e. The van der Waals surface area contributed by atoms with E-state index in [1.807, 2.05) is 84.9 Å². The van der Waals surface area contributed by atoms with Gasteiger partial charge in [-0.2, -0.15) is 0 Å². The summed E-state index contributed by atoms with van der Waals surface area (Å²) in [6.07, 6.45) is 0. The maximum Gasteiger partial charge on any atom is 0.246 e. The summed E-state index contributed by atoms with van der Waals surface area (Å²) in [6, 6.07) is 27.2. The number of likely N-dealkylation sites (N-methyl/N-ethyl adjacent to an activating group) is 1. The molecule has 1 N–H and O–H groups in total. The molecule has 26 heavy (non-hydrogen) atoms. The zero-order chi connectivity index (χ0) is 18.2. The van der Waals surface area contributed by atoms with E-state index in [2.05, 4.69) is 17.2 Å². The number of carbonyl (C=O) groups excluding carboxylic acids is 1. The lowest BCUT2D eigenvalue weighted by Gasteiger charge is -2.18. The second-order valence-corrected chi connectivity index (χ2v) is 5.84. The SMILES string of the molecule is CN(C(=O)CNc1cccc(C#Cc2ccccc2)c1)c1ccccc1. The van der Waals surface area contributed by atoms with Gasteiger partial charge in [-0.15, -0.1) is 0 Å². The lowest BCUT2D eigenvalue weighted by atomic mass is 10.1. The van der Waals surface area contributed by atoms with Crippen LogP contribution in [0.5, 0.6) is 0 Å². The number of hydrogen-bond donors (Lipinski definition) is 1.